The van der Waals surface area contributed by atoms with Crippen molar-refractivity contribution in [1.29, 1.82) is 0 Å². The van der Waals surface area contributed by atoms with Gasteiger partial charge in [-0.15, -0.1) is 0 Å². The van der Waals surface area contributed by atoms with E-state index in [-0.39, 0.29) is 21.5 Å². The minimum Gasteiger partial charge on any atom is -0.480 e. The van der Waals surface area contributed by atoms with Gasteiger partial charge in [0.2, 0.25) is 10.0 Å². The zero-order valence-corrected chi connectivity index (χ0v) is 14.3. The third kappa shape index (κ3) is 3.88. The minimum atomic E-state index is -4.03. The van der Waals surface area contributed by atoms with Crippen molar-refractivity contribution in [1.82, 2.24) is 4.31 Å². The predicted octanol–water partition coefficient (Wildman–Crippen LogP) is 3.10. The first kappa shape index (κ1) is 18.2. The fourth-order valence-electron chi connectivity index (χ4n) is 1.93. The number of hydrogen-bond donors (Lipinski definition) is 1. The number of benzene rings is 1. The van der Waals surface area contributed by atoms with Crippen LogP contribution in [0.4, 0.5) is 0 Å². The normalized spacial score (nSPS) is 11.9. The molecular weight excluding hydrogens is 337 g/mol. The van der Waals surface area contributed by atoms with E-state index in [0.717, 1.165) is 4.31 Å². The fraction of sp³-hybridized carbons (Fsp3) is 0.462. The Morgan fingerprint density at radius 2 is 1.90 bits per heavy atom. The van der Waals surface area contributed by atoms with Crippen molar-refractivity contribution < 1.29 is 18.3 Å². The lowest BCUT2D eigenvalue weighted by molar-refractivity contribution is -0.137. The van der Waals surface area contributed by atoms with E-state index in [1.54, 1.807) is 26.8 Å². The van der Waals surface area contributed by atoms with Crippen molar-refractivity contribution in [3.63, 3.8) is 0 Å². The van der Waals surface area contributed by atoms with E-state index in [1.165, 1.54) is 0 Å². The van der Waals surface area contributed by atoms with Crippen molar-refractivity contribution in [3.8, 4) is 0 Å². The second-order valence-electron chi connectivity index (χ2n) is 4.68. The lowest BCUT2D eigenvalue weighted by Gasteiger charge is -2.22. The third-order valence-electron chi connectivity index (χ3n) is 2.97. The quantitative estimate of drug-likeness (QED) is 0.852. The summed E-state index contributed by atoms with van der Waals surface area (Å²) < 4.78 is 26.3. The van der Waals surface area contributed by atoms with Crippen LogP contribution in [-0.4, -0.2) is 36.9 Å². The molecule has 0 aromatic heterocycles. The summed E-state index contributed by atoms with van der Waals surface area (Å²) >= 11 is 12.2. The topological polar surface area (TPSA) is 74.7 Å². The second-order valence-corrected chi connectivity index (χ2v) is 7.34. The first-order chi connectivity index (χ1) is 9.62. The van der Waals surface area contributed by atoms with Gasteiger partial charge >= 0.3 is 5.97 Å². The monoisotopic (exact) mass is 353 g/mol. The van der Waals surface area contributed by atoms with Gasteiger partial charge in [-0.3, -0.25) is 4.79 Å². The Labute approximate surface area is 134 Å². The summed E-state index contributed by atoms with van der Waals surface area (Å²) in [4.78, 5) is 10.8. The summed E-state index contributed by atoms with van der Waals surface area (Å²) in [5.74, 6) is -1.22. The molecule has 0 saturated heterocycles. The Hall–Kier alpha value is -0.820. The molecule has 8 heteroatoms. The Kier molecular flexibility index (Phi) is 6.04. The van der Waals surface area contributed by atoms with Crippen LogP contribution in [0.15, 0.2) is 11.0 Å². The van der Waals surface area contributed by atoms with Crippen molar-refractivity contribution >= 4 is 39.2 Å². The van der Waals surface area contributed by atoms with Crippen LogP contribution in [-0.2, 0) is 14.8 Å². The SMILES string of the molecule is CCCN(CC(=O)O)S(=O)(=O)c1c(C)c(Cl)cc(C)c1Cl. The van der Waals surface area contributed by atoms with Crippen molar-refractivity contribution in [2.75, 3.05) is 13.1 Å². The van der Waals surface area contributed by atoms with Crippen molar-refractivity contribution in [2.24, 2.45) is 0 Å². The molecule has 1 rings (SSSR count). The molecule has 0 spiro atoms. The summed E-state index contributed by atoms with van der Waals surface area (Å²) in [7, 11) is -4.03. The van der Waals surface area contributed by atoms with E-state index in [0.29, 0.717) is 17.5 Å². The molecule has 1 N–H and O–H groups in total. The molecule has 0 aliphatic carbocycles. The Morgan fingerprint density at radius 1 is 1.33 bits per heavy atom. The van der Waals surface area contributed by atoms with Gasteiger partial charge in [0.1, 0.15) is 11.4 Å². The van der Waals surface area contributed by atoms with E-state index < -0.39 is 22.5 Å². The Morgan fingerprint density at radius 3 is 2.38 bits per heavy atom. The number of sulfonamides is 1. The van der Waals surface area contributed by atoms with Gasteiger partial charge in [0.15, 0.2) is 0 Å². The number of carboxylic acids is 1. The van der Waals surface area contributed by atoms with E-state index in [4.69, 9.17) is 28.3 Å². The van der Waals surface area contributed by atoms with E-state index >= 15 is 0 Å². The summed E-state index contributed by atoms with van der Waals surface area (Å²) in [5, 5.41) is 9.26. The molecule has 0 amide bonds. The molecule has 0 heterocycles. The molecule has 118 valence electrons. The Bertz CT molecular complexity index is 632. The smallest absolute Gasteiger partial charge is 0.318 e. The molecule has 1 aromatic rings. The molecule has 0 aliphatic rings. The first-order valence-electron chi connectivity index (χ1n) is 6.30. The number of hydrogen-bond acceptors (Lipinski definition) is 3. The van der Waals surface area contributed by atoms with E-state index in [1.807, 2.05) is 0 Å². The van der Waals surface area contributed by atoms with Crippen LogP contribution in [0.25, 0.3) is 0 Å². The molecule has 0 saturated carbocycles. The van der Waals surface area contributed by atoms with Crippen molar-refractivity contribution in [2.45, 2.75) is 32.1 Å². The predicted molar refractivity (Wildman–Crippen MR) is 82.6 cm³/mol. The molecule has 0 fully saturated rings. The second kappa shape index (κ2) is 6.96. The summed E-state index contributed by atoms with van der Waals surface area (Å²) in [6.45, 7) is 4.44. The highest BCUT2D eigenvalue weighted by molar-refractivity contribution is 7.89. The number of halogens is 2. The Balaban J connectivity index is 3.51. The van der Waals surface area contributed by atoms with Crippen LogP contribution >= 0.6 is 23.2 Å². The largest absolute Gasteiger partial charge is 0.480 e. The minimum absolute atomic E-state index is 0.0726. The van der Waals surface area contributed by atoms with Crippen LogP contribution in [0.5, 0.6) is 0 Å². The molecule has 5 nitrogen and oxygen atoms in total. The lowest BCUT2D eigenvalue weighted by Crippen LogP contribution is -2.36. The molecule has 0 radical (unpaired) electrons. The lowest BCUT2D eigenvalue weighted by atomic mass is 10.2. The average Bonchev–Trinajstić information content (AvgIpc) is 2.35. The van der Waals surface area contributed by atoms with E-state index in [9.17, 15) is 13.2 Å². The molecule has 21 heavy (non-hydrogen) atoms. The molecule has 0 unspecified atom stereocenters. The highest BCUT2D eigenvalue weighted by Gasteiger charge is 2.31. The maximum Gasteiger partial charge on any atom is 0.318 e. The highest BCUT2D eigenvalue weighted by atomic mass is 35.5. The zero-order chi connectivity index (χ0) is 16.4. The maximum absolute atomic E-state index is 12.7. The van der Waals surface area contributed by atoms with Gasteiger partial charge in [0.05, 0.1) is 5.02 Å². The van der Waals surface area contributed by atoms with Crippen LogP contribution < -0.4 is 0 Å². The van der Waals surface area contributed by atoms with Crippen LogP contribution in [0, 0.1) is 13.8 Å². The van der Waals surface area contributed by atoms with Gasteiger partial charge in [0, 0.05) is 11.6 Å². The number of rotatable bonds is 6. The number of carbonyl (C=O) groups is 1. The summed E-state index contributed by atoms with van der Waals surface area (Å²) in [6, 6.07) is 1.58. The molecule has 0 aliphatic heterocycles. The van der Waals surface area contributed by atoms with Crippen LogP contribution in [0.3, 0.4) is 0 Å². The number of aryl methyl sites for hydroxylation is 1. The van der Waals surface area contributed by atoms with Crippen LogP contribution in [0.2, 0.25) is 10.0 Å². The van der Waals surface area contributed by atoms with E-state index in [2.05, 4.69) is 0 Å². The zero-order valence-electron chi connectivity index (χ0n) is 12.0. The fourth-order valence-corrected chi connectivity index (χ4v) is 4.58. The number of carboxylic acid groups (broad SMARTS) is 1. The summed E-state index contributed by atoms with van der Waals surface area (Å²) in [6.07, 6.45) is 0.489. The molecule has 0 bridgehead atoms. The van der Waals surface area contributed by atoms with Gasteiger partial charge in [-0.25, -0.2) is 8.42 Å². The maximum atomic E-state index is 12.7. The molecular formula is C13H17Cl2NO4S. The molecule has 1 aromatic carbocycles. The van der Waals surface area contributed by atoms with Gasteiger partial charge in [-0.2, -0.15) is 4.31 Å². The highest BCUT2D eigenvalue weighted by Crippen LogP contribution is 2.35. The standard InChI is InChI=1S/C13H17Cl2NO4S/c1-4-5-16(7-11(17)18)21(19,20)13-9(3)10(14)6-8(2)12(13)15/h6H,4-5,7H2,1-3H3,(H,17,18). The summed E-state index contributed by atoms with van der Waals surface area (Å²) in [5.41, 5.74) is 0.844. The molecule has 0 atom stereocenters. The first-order valence-corrected chi connectivity index (χ1v) is 8.49. The van der Waals surface area contributed by atoms with Gasteiger partial charge in [-0.1, -0.05) is 30.1 Å². The van der Waals surface area contributed by atoms with Gasteiger partial charge in [-0.05, 0) is 37.5 Å². The third-order valence-corrected chi connectivity index (χ3v) is 5.98. The van der Waals surface area contributed by atoms with Crippen molar-refractivity contribution in [3.05, 3.63) is 27.2 Å². The van der Waals surface area contributed by atoms with Gasteiger partial charge < -0.3 is 5.11 Å². The number of aliphatic carboxylic acids is 1. The van der Waals surface area contributed by atoms with Crippen LogP contribution in [0.1, 0.15) is 24.5 Å². The average molecular weight is 354 g/mol. The number of nitrogens with zero attached hydrogens (tertiary/aromatic N) is 1. The van der Waals surface area contributed by atoms with Gasteiger partial charge in [0.25, 0.3) is 0 Å².